The van der Waals surface area contributed by atoms with Crippen LogP contribution in [-0.2, 0) is 0 Å². The third-order valence-corrected chi connectivity index (χ3v) is 4.56. The molecular formula is C17H23NO. The van der Waals surface area contributed by atoms with Crippen molar-refractivity contribution in [3.8, 4) is 5.75 Å². The molecule has 102 valence electrons. The number of fused-ring (bicyclic) bond motifs is 1. The summed E-state index contributed by atoms with van der Waals surface area (Å²) in [7, 11) is 0. The average molecular weight is 257 g/mol. The number of benzene rings is 1. The van der Waals surface area contributed by atoms with Crippen molar-refractivity contribution in [2.24, 2.45) is 0 Å². The minimum atomic E-state index is -0.0811. The van der Waals surface area contributed by atoms with Gasteiger partial charge in [-0.25, -0.2) is 0 Å². The number of ether oxygens (including phenoxy) is 1. The molecule has 1 atom stereocenters. The lowest BCUT2D eigenvalue weighted by molar-refractivity contribution is 0.103. The Bertz CT molecular complexity index is 522. The number of rotatable bonds is 0. The van der Waals surface area contributed by atoms with Crippen LogP contribution < -0.4 is 10.1 Å². The molecule has 1 spiro atoms. The Morgan fingerprint density at radius 1 is 1.11 bits per heavy atom. The maximum atomic E-state index is 6.43. The van der Waals surface area contributed by atoms with Crippen LogP contribution in [-0.4, -0.2) is 18.7 Å². The lowest BCUT2D eigenvalue weighted by atomic mass is 9.85. The monoisotopic (exact) mass is 257 g/mol. The van der Waals surface area contributed by atoms with Gasteiger partial charge in [-0.3, -0.25) is 0 Å². The molecule has 2 aliphatic heterocycles. The second kappa shape index (κ2) is 4.68. The zero-order valence-corrected chi connectivity index (χ0v) is 12.2. The van der Waals surface area contributed by atoms with Gasteiger partial charge in [0.1, 0.15) is 11.4 Å². The van der Waals surface area contributed by atoms with Gasteiger partial charge in [0.25, 0.3) is 0 Å². The summed E-state index contributed by atoms with van der Waals surface area (Å²) in [5, 5.41) is 3.47. The molecule has 2 heteroatoms. The summed E-state index contributed by atoms with van der Waals surface area (Å²) < 4.78 is 6.43. The van der Waals surface area contributed by atoms with Crippen molar-refractivity contribution in [1.82, 2.24) is 5.32 Å². The summed E-state index contributed by atoms with van der Waals surface area (Å²) in [6.45, 7) is 8.75. The lowest BCUT2D eigenvalue weighted by Crippen LogP contribution is -2.37. The van der Waals surface area contributed by atoms with Crippen LogP contribution in [0.4, 0.5) is 0 Å². The van der Waals surface area contributed by atoms with Crippen molar-refractivity contribution in [2.75, 3.05) is 13.1 Å². The van der Waals surface area contributed by atoms with E-state index in [9.17, 15) is 0 Å². The van der Waals surface area contributed by atoms with E-state index in [1.54, 1.807) is 0 Å². The maximum Gasteiger partial charge on any atom is 0.129 e. The number of allylic oxidation sites excluding steroid dienone is 1. The van der Waals surface area contributed by atoms with Gasteiger partial charge in [-0.15, -0.1) is 0 Å². The molecule has 1 aromatic rings. The van der Waals surface area contributed by atoms with Gasteiger partial charge >= 0.3 is 0 Å². The van der Waals surface area contributed by atoms with Crippen LogP contribution >= 0.6 is 0 Å². The molecule has 2 aliphatic rings. The average Bonchev–Trinajstić information content (AvgIpc) is 2.59. The topological polar surface area (TPSA) is 21.3 Å². The molecule has 1 fully saturated rings. The van der Waals surface area contributed by atoms with Gasteiger partial charge in [0, 0.05) is 12.0 Å². The molecule has 1 saturated heterocycles. The van der Waals surface area contributed by atoms with Crippen molar-refractivity contribution in [1.29, 1.82) is 0 Å². The summed E-state index contributed by atoms with van der Waals surface area (Å²) in [6, 6.07) is 4.32. The van der Waals surface area contributed by atoms with Crippen LogP contribution in [0.2, 0.25) is 0 Å². The third-order valence-electron chi connectivity index (χ3n) is 4.56. The van der Waals surface area contributed by atoms with E-state index in [0.29, 0.717) is 0 Å². The largest absolute Gasteiger partial charge is 0.482 e. The fraction of sp³-hybridized carbons (Fsp3) is 0.529. The highest BCUT2D eigenvalue weighted by Crippen LogP contribution is 2.42. The van der Waals surface area contributed by atoms with E-state index in [1.807, 2.05) is 0 Å². The van der Waals surface area contributed by atoms with Crippen molar-refractivity contribution >= 4 is 5.57 Å². The summed E-state index contributed by atoms with van der Waals surface area (Å²) >= 11 is 0. The lowest BCUT2D eigenvalue weighted by Gasteiger charge is -2.36. The van der Waals surface area contributed by atoms with E-state index >= 15 is 0 Å². The Morgan fingerprint density at radius 3 is 2.79 bits per heavy atom. The highest BCUT2D eigenvalue weighted by molar-refractivity contribution is 5.75. The van der Waals surface area contributed by atoms with E-state index in [-0.39, 0.29) is 5.60 Å². The maximum absolute atomic E-state index is 6.43. The van der Waals surface area contributed by atoms with Crippen molar-refractivity contribution in [3.05, 3.63) is 34.9 Å². The number of nitrogens with one attached hydrogen (secondary N) is 1. The first-order valence-electron chi connectivity index (χ1n) is 7.31. The van der Waals surface area contributed by atoms with Crippen molar-refractivity contribution < 1.29 is 4.74 Å². The van der Waals surface area contributed by atoms with Crippen LogP contribution in [0.15, 0.2) is 18.2 Å². The van der Waals surface area contributed by atoms with Gasteiger partial charge in [0.05, 0.1) is 0 Å². The van der Waals surface area contributed by atoms with Crippen LogP contribution in [0.5, 0.6) is 5.75 Å². The molecule has 1 aromatic carbocycles. The van der Waals surface area contributed by atoms with Crippen LogP contribution in [0, 0.1) is 13.8 Å². The zero-order chi connectivity index (χ0) is 13.5. The van der Waals surface area contributed by atoms with E-state index < -0.39 is 0 Å². The molecule has 0 bridgehead atoms. The normalized spacial score (nSPS) is 26.4. The second-order valence-corrected chi connectivity index (χ2v) is 5.98. The molecule has 3 rings (SSSR count). The van der Waals surface area contributed by atoms with E-state index in [4.69, 9.17) is 4.74 Å². The molecule has 19 heavy (non-hydrogen) atoms. The fourth-order valence-electron chi connectivity index (χ4n) is 3.39. The number of aryl methyl sites for hydroxylation is 1. The predicted octanol–water partition coefficient (Wildman–Crippen LogP) is 3.61. The third kappa shape index (κ3) is 2.18. The summed E-state index contributed by atoms with van der Waals surface area (Å²) in [5.74, 6) is 1.07. The van der Waals surface area contributed by atoms with E-state index in [0.717, 1.165) is 31.7 Å². The molecule has 0 amide bonds. The first-order chi connectivity index (χ1) is 9.11. The van der Waals surface area contributed by atoms with Crippen LogP contribution in [0.25, 0.3) is 5.57 Å². The molecule has 1 unspecified atom stereocenters. The smallest absolute Gasteiger partial charge is 0.129 e. The summed E-state index contributed by atoms with van der Waals surface area (Å²) in [6.07, 6.45) is 5.74. The SMILES string of the molecule is CC1=CC2(CCCNCC2)Oc2ccc(C)c(C)c21. The van der Waals surface area contributed by atoms with Gasteiger partial charge in [0.2, 0.25) is 0 Å². The molecule has 1 N–H and O–H groups in total. The Hall–Kier alpha value is -1.28. The molecular weight excluding hydrogens is 234 g/mol. The molecule has 0 saturated carbocycles. The van der Waals surface area contributed by atoms with Crippen LogP contribution in [0.1, 0.15) is 42.9 Å². The van der Waals surface area contributed by atoms with Gasteiger partial charge in [0.15, 0.2) is 0 Å². The highest BCUT2D eigenvalue weighted by Gasteiger charge is 2.35. The van der Waals surface area contributed by atoms with Crippen molar-refractivity contribution in [3.63, 3.8) is 0 Å². The van der Waals surface area contributed by atoms with Gasteiger partial charge in [-0.1, -0.05) is 6.07 Å². The predicted molar refractivity (Wildman–Crippen MR) is 79.6 cm³/mol. The molecule has 2 heterocycles. The molecule has 2 nitrogen and oxygen atoms in total. The second-order valence-electron chi connectivity index (χ2n) is 5.98. The first-order valence-corrected chi connectivity index (χ1v) is 7.31. The Morgan fingerprint density at radius 2 is 1.95 bits per heavy atom. The highest BCUT2D eigenvalue weighted by atomic mass is 16.5. The van der Waals surface area contributed by atoms with Gasteiger partial charge in [-0.05, 0) is 75.5 Å². The Balaban J connectivity index is 2.05. The standard InChI is InChI=1S/C17H23NO/c1-12-5-6-15-16(14(12)3)13(2)11-17(19-15)7-4-9-18-10-8-17/h5-6,11,18H,4,7-10H2,1-3H3. The van der Waals surface area contributed by atoms with E-state index in [1.165, 1.54) is 28.7 Å². The van der Waals surface area contributed by atoms with Gasteiger partial charge in [-0.2, -0.15) is 0 Å². The summed E-state index contributed by atoms with van der Waals surface area (Å²) in [5.41, 5.74) is 5.30. The van der Waals surface area contributed by atoms with E-state index in [2.05, 4.69) is 44.3 Å². The van der Waals surface area contributed by atoms with Crippen molar-refractivity contribution in [2.45, 2.75) is 45.6 Å². The number of hydrogen-bond donors (Lipinski definition) is 1. The fourth-order valence-corrected chi connectivity index (χ4v) is 3.39. The zero-order valence-electron chi connectivity index (χ0n) is 12.2. The minimum Gasteiger partial charge on any atom is -0.482 e. The summed E-state index contributed by atoms with van der Waals surface area (Å²) in [4.78, 5) is 0. The Labute approximate surface area is 115 Å². The minimum absolute atomic E-state index is 0.0811. The van der Waals surface area contributed by atoms with Crippen LogP contribution in [0.3, 0.4) is 0 Å². The first kappa shape index (κ1) is 12.7. The molecule has 0 radical (unpaired) electrons. The number of hydrogen-bond acceptors (Lipinski definition) is 2. The quantitative estimate of drug-likeness (QED) is 0.766. The molecule has 0 aromatic heterocycles. The Kier molecular flexibility index (Phi) is 3.14. The van der Waals surface area contributed by atoms with Gasteiger partial charge < -0.3 is 10.1 Å². The molecule has 0 aliphatic carbocycles.